The van der Waals surface area contributed by atoms with Gasteiger partial charge in [-0.15, -0.1) is 0 Å². The van der Waals surface area contributed by atoms with Gasteiger partial charge in [0.1, 0.15) is 5.69 Å². The minimum Gasteiger partial charge on any atom is -0.395 e. The first-order valence-corrected chi connectivity index (χ1v) is 14.9. The van der Waals surface area contributed by atoms with E-state index in [0.29, 0.717) is 12.1 Å². The predicted octanol–water partition coefficient (Wildman–Crippen LogP) is 2.68. The van der Waals surface area contributed by atoms with E-state index in [9.17, 15) is 35.6 Å². The third kappa shape index (κ3) is 6.01. The van der Waals surface area contributed by atoms with Gasteiger partial charge in [-0.25, -0.2) is 30.7 Å². The van der Waals surface area contributed by atoms with E-state index in [0.717, 1.165) is 0 Å². The van der Waals surface area contributed by atoms with E-state index in [4.69, 9.17) is 5.11 Å². The first-order valence-electron chi connectivity index (χ1n) is 13.3. The van der Waals surface area contributed by atoms with Crippen molar-refractivity contribution in [3.8, 4) is 0 Å². The SMILES string of the molecule is O=C(Nc1cccn(N2CCC(F)(F)CC2)c1=O)c1ccc(NS(=O)(=O)CCO)cc1N1CC[C@]2(C(F)F)C[C@@H]2C1. The van der Waals surface area contributed by atoms with E-state index in [1.54, 1.807) is 4.90 Å². The quantitative estimate of drug-likeness (QED) is 0.378. The molecule has 2 saturated heterocycles. The molecule has 1 aromatic heterocycles. The number of carbonyl (C=O) groups is 1. The van der Waals surface area contributed by atoms with Gasteiger partial charge in [0.15, 0.2) is 0 Å². The topological polar surface area (TPSA) is 124 Å². The number of carbonyl (C=O) groups excluding carboxylic acids is 1. The van der Waals surface area contributed by atoms with Crippen molar-refractivity contribution in [2.24, 2.45) is 11.3 Å². The normalized spacial score (nSPS) is 23.7. The number of nitrogens with one attached hydrogen (secondary N) is 2. The summed E-state index contributed by atoms with van der Waals surface area (Å²) in [5, 5.41) is 13.1. The summed E-state index contributed by atoms with van der Waals surface area (Å²) in [5.41, 5.74) is -1.23. The maximum atomic E-state index is 13.6. The van der Waals surface area contributed by atoms with E-state index in [2.05, 4.69) is 10.0 Å². The molecule has 0 unspecified atom stereocenters. The van der Waals surface area contributed by atoms with Gasteiger partial charge in [-0.3, -0.25) is 14.3 Å². The lowest BCUT2D eigenvalue weighted by atomic mass is 9.95. The van der Waals surface area contributed by atoms with E-state index >= 15 is 0 Å². The number of alkyl halides is 4. The molecule has 10 nitrogen and oxygen atoms in total. The molecular weight excluding hydrogens is 570 g/mol. The Bertz CT molecular complexity index is 1480. The Morgan fingerprint density at radius 1 is 1.12 bits per heavy atom. The number of benzene rings is 1. The smallest absolute Gasteiger partial charge is 0.292 e. The molecular formula is C26H31F4N5O5S. The van der Waals surface area contributed by atoms with Gasteiger partial charge >= 0.3 is 0 Å². The highest BCUT2D eigenvalue weighted by Gasteiger charge is 2.62. The Morgan fingerprint density at radius 2 is 1.85 bits per heavy atom. The predicted molar refractivity (Wildman–Crippen MR) is 145 cm³/mol. The van der Waals surface area contributed by atoms with Crippen molar-refractivity contribution in [1.82, 2.24) is 4.68 Å². The van der Waals surface area contributed by atoms with Crippen LogP contribution in [-0.2, 0) is 10.0 Å². The number of pyridine rings is 1. The largest absolute Gasteiger partial charge is 0.395 e. The van der Waals surface area contributed by atoms with Crippen molar-refractivity contribution in [2.45, 2.75) is 38.0 Å². The van der Waals surface area contributed by atoms with E-state index in [1.807, 2.05) is 0 Å². The van der Waals surface area contributed by atoms with Crippen LogP contribution in [0.3, 0.4) is 0 Å². The van der Waals surface area contributed by atoms with Crippen LogP contribution in [0.1, 0.15) is 36.0 Å². The lowest BCUT2D eigenvalue weighted by molar-refractivity contribution is -0.0260. The summed E-state index contributed by atoms with van der Waals surface area (Å²) in [4.78, 5) is 28.4. The van der Waals surface area contributed by atoms with Gasteiger partial charge in [-0.1, -0.05) is 0 Å². The number of aliphatic hydroxyl groups is 1. The number of piperidine rings is 2. The molecule has 3 heterocycles. The second kappa shape index (κ2) is 10.8. The van der Waals surface area contributed by atoms with E-state index in [-0.39, 0.29) is 55.5 Å². The van der Waals surface area contributed by atoms with Crippen LogP contribution in [-0.4, -0.2) is 75.0 Å². The number of halogens is 4. The highest BCUT2D eigenvalue weighted by Crippen LogP contribution is 2.61. The van der Waals surface area contributed by atoms with Crippen LogP contribution < -0.4 is 25.5 Å². The van der Waals surface area contributed by atoms with Crippen molar-refractivity contribution < 1.29 is 35.9 Å². The maximum Gasteiger partial charge on any atom is 0.292 e. The van der Waals surface area contributed by atoms with Gasteiger partial charge in [-0.2, -0.15) is 0 Å². The number of amides is 1. The Kier molecular flexibility index (Phi) is 7.70. The Labute approximate surface area is 234 Å². The summed E-state index contributed by atoms with van der Waals surface area (Å²) in [6.07, 6.45) is -1.28. The number of hydrogen-bond acceptors (Lipinski definition) is 7. The van der Waals surface area contributed by atoms with Crippen LogP contribution in [0.5, 0.6) is 0 Å². The molecule has 2 atom stereocenters. The Balaban J connectivity index is 1.41. The first kappa shape index (κ1) is 29.2. The number of anilines is 3. The zero-order valence-electron chi connectivity index (χ0n) is 22.0. The van der Waals surface area contributed by atoms with Crippen molar-refractivity contribution in [1.29, 1.82) is 0 Å². The summed E-state index contributed by atoms with van der Waals surface area (Å²) in [7, 11) is -3.88. The van der Waals surface area contributed by atoms with Crippen LogP contribution in [0.2, 0.25) is 0 Å². The molecule has 224 valence electrons. The fourth-order valence-electron chi connectivity index (χ4n) is 5.68. The summed E-state index contributed by atoms with van der Waals surface area (Å²) in [5.74, 6) is -4.31. The van der Waals surface area contributed by atoms with Gasteiger partial charge in [0.05, 0.1) is 29.3 Å². The van der Waals surface area contributed by atoms with Gasteiger partial charge in [-0.05, 0) is 49.1 Å². The van der Waals surface area contributed by atoms with Gasteiger partial charge in [0.2, 0.25) is 16.4 Å². The molecule has 1 aliphatic carbocycles. The third-order valence-corrected chi connectivity index (χ3v) is 9.44. The number of nitrogens with zero attached hydrogens (tertiary/aromatic N) is 3. The lowest BCUT2D eigenvalue weighted by Gasteiger charge is -2.34. The van der Waals surface area contributed by atoms with Crippen molar-refractivity contribution in [2.75, 3.05) is 58.5 Å². The second-order valence-electron chi connectivity index (χ2n) is 10.8. The Morgan fingerprint density at radius 3 is 2.51 bits per heavy atom. The van der Waals surface area contributed by atoms with Gasteiger partial charge in [0, 0.05) is 50.6 Å². The molecule has 2 aromatic rings. The first-order chi connectivity index (χ1) is 19.3. The molecule has 1 aromatic carbocycles. The summed E-state index contributed by atoms with van der Waals surface area (Å²) < 4.78 is 82.5. The standard InChI is InChI=1S/C26H31F4N5O5S/c27-24(28)25-5-9-33(16-17(25)15-25)21-14-18(32-41(39,40)13-12-36)3-4-19(21)22(37)31-20-2-1-8-35(23(20)38)34-10-6-26(29,30)7-11-34/h1-4,8,14,17,24,32,36H,5-7,9-13,15-16H2,(H,31,37)/t17-,25+/m1/s1. The average molecular weight is 602 g/mol. The average Bonchev–Trinajstić information content (AvgIpc) is 3.65. The molecule has 0 radical (unpaired) electrons. The molecule has 1 amide bonds. The fraction of sp³-hybridized carbons (Fsp3) is 0.538. The minimum absolute atomic E-state index is 0.0433. The van der Waals surface area contributed by atoms with Crippen molar-refractivity contribution >= 4 is 33.0 Å². The van der Waals surface area contributed by atoms with Crippen LogP contribution in [0.15, 0.2) is 41.3 Å². The molecule has 3 fully saturated rings. The highest BCUT2D eigenvalue weighted by molar-refractivity contribution is 7.92. The second-order valence-corrected chi connectivity index (χ2v) is 12.7. The minimum atomic E-state index is -3.88. The number of hydrogen-bond donors (Lipinski definition) is 3. The third-order valence-electron chi connectivity index (χ3n) is 8.17. The molecule has 41 heavy (non-hydrogen) atoms. The number of fused-ring (bicyclic) bond motifs is 1. The molecule has 3 aliphatic rings. The number of rotatable bonds is 9. The maximum absolute atomic E-state index is 13.6. The van der Waals surface area contributed by atoms with Crippen LogP contribution in [0, 0.1) is 11.3 Å². The van der Waals surface area contributed by atoms with Crippen molar-refractivity contribution in [3.05, 3.63) is 52.4 Å². The molecule has 5 rings (SSSR count). The Hall–Kier alpha value is -3.33. The number of sulfonamides is 1. The zero-order chi connectivity index (χ0) is 29.6. The van der Waals surface area contributed by atoms with Crippen molar-refractivity contribution in [3.63, 3.8) is 0 Å². The molecule has 0 bridgehead atoms. The fourth-order valence-corrected chi connectivity index (χ4v) is 6.50. The summed E-state index contributed by atoms with van der Waals surface area (Å²) >= 11 is 0. The monoisotopic (exact) mass is 601 g/mol. The number of aromatic nitrogens is 1. The van der Waals surface area contributed by atoms with E-state index < -0.39 is 64.5 Å². The molecule has 3 N–H and O–H groups in total. The highest BCUT2D eigenvalue weighted by atomic mass is 32.2. The van der Waals surface area contributed by atoms with Gasteiger partial charge in [0.25, 0.3) is 17.4 Å². The lowest BCUT2D eigenvalue weighted by Crippen LogP contribution is -2.49. The molecule has 2 aliphatic heterocycles. The van der Waals surface area contributed by atoms with E-state index in [1.165, 1.54) is 46.2 Å². The van der Waals surface area contributed by atoms with Crippen LogP contribution in [0.25, 0.3) is 0 Å². The number of aliphatic hydroxyl groups excluding tert-OH is 1. The van der Waals surface area contributed by atoms with Gasteiger partial charge < -0.3 is 20.3 Å². The summed E-state index contributed by atoms with van der Waals surface area (Å²) in [6, 6.07) is 7.05. The zero-order valence-corrected chi connectivity index (χ0v) is 22.8. The molecule has 15 heteroatoms. The van der Waals surface area contributed by atoms with Crippen LogP contribution in [0.4, 0.5) is 34.6 Å². The summed E-state index contributed by atoms with van der Waals surface area (Å²) in [6.45, 7) is -0.224. The van der Waals surface area contributed by atoms with Crippen LogP contribution >= 0.6 is 0 Å². The molecule has 0 spiro atoms. The molecule has 1 saturated carbocycles.